The fourth-order valence-electron chi connectivity index (χ4n) is 6.22. The number of carbonyl (C=O) groups excluding carboxylic acids is 2. The van der Waals surface area contributed by atoms with Crippen molar-refractivity contribution in [2.45, 2.75) is 83.3 Å². The van der Waals surface area contributed by atoms with Crippen LogP contribution < -0.4 is 5.32 Å². The highest BCUT2D eigenvalue weighted by atomic mass is 16.6. The van der Waals surface area contributed by atoms with Gasteiger partial charge in [0, 0.05) is 20.0 Å². The van der Waals surface area contributed by atoms with Crippen molar-refractivity contribution in [1.29, 1.82) is 0 Å². The van der Waals surface area contributed by atoms with E-state index in [4.69, 9.17) is 4.74 Å². The number of fused-ring (bicyclic) bond motifs is 2. The van der Waals surface area contributed by atoms with Gasteiger partial charge in [-0.05, 0) is 101 Å². The highest BCUT2D eigenvalue weighted by molar-refractivity contribution is 5.73. The number of rotatable bonds is 5. The second-order valence-corrected chi connectivity index (χ2v) is 10.7. The summed E-state index contributed by atoms with van der Waals surface area (Å²) in [5.41, 5.74) is 3.04. The first kappa shape index (κ1) is 24.1. The molecule has 1 N–H and O–H groups in total. The normalized spacial score (nSPS) is 25.0. The Balaban J connectivity index is 1.30. The average molecular weight is 456 g/mol. The summed E-state index contributed by atoms with van der Waals surface area (Å²) in [5.74, 6) is 0.627. The van der Waals surface area contributed by atoms with Gasteiger partial charge in [-0.2, -0.15) is 0 Å². The molecule has 1 spiro atoms. The number of carbonyl (C=O) groups is 2. The lowest BCUT2D eigenvalue weighted by molar-refractivity contribution is -0.119. The maximum Gasteiger partial charge on any atom is 0.410 e. The van der Waals surface area contributed by atoms with Crippen molar-refractivity contribution in [3.05, 3.63) is 35.4 Å². The molecule has 0 saturated carbocycles. The van der Waals surface area contributed by atoms with Crippen molar-refractivity contribution >= 4 is 12.0 Å². The first-order chi connectivity index (χ1) is 15.9. The zero-order valence-corrected chi connectivity index (χ0v) is 20.6. The van der Waals surface area contributed by atoms with E-state index in [0.717, 1.165) is 58.4 Å². The monoisotopic (exact) mass is 455 g/mol. The molecule has 33 heavy (non-hydrogen) atoms. The Hall–Kier alpha value is -2.08. The second-order valence-electron chi connectivity index (χ2n) is 10.7. The van der Waals surface area contributed by atoms with Crippen LogP contribution in [-0.2, 0) is 14.9 Å². The van der Waals surface area contributed by atoms with E-state index in [1.165, 1.54) is 30.4 Å². The average Bonchev–Trinajstić information content (AvgIpc) is 2.80. The molecule has 4 rings (SSSR count). The van der Waals surface area contributed by atoms with Gasteiger partial charge in [0.25, 0.3) is 0 Å². The van der Waals surface area contributed by atoms with Crippen molar-refractivity contribution < 1.29 is 14.3 Å². The Morgan fingerprint density at radius 1 is 1.12 bits per heavy atom. The second kappa shape index (κ2) is 10.5. The zero-order chi connectivity index (χ0) is 23.4. The van der Waals surface area contributed by atoms with Crippen molar-refractivity contribution in [2.75, 3.05) is 32.7 Å². The molecule has 0 aromatic heterocycles. The van der Waals surface area contributed by atoms with Crippen LogP contribution in [0.25, 0.3) is 0 Å². The summed E-state index contributed by atoms with van der Waals surface area (Å²) in [6, 6.07) is 8.92. The Labute approximate surface area is 199 Å². The number of benzene rings is 1. The molecule has 2 aliphatic heterocycles. The van der Waals surface area contributed by atoms with E-state index in [2.05, 4.69) is 34.5 Å². The predicted molar refractivity (Wildman–Crippen MR) is 130 cm³/mol. The summed E-state index contributed by atoms with van der Waals surface area (Å²) >= 11 is 0. The third-order valence-electron chi connectivity index (χ3n) is 7.98. The number of hydrogen-bond acceptors (Lipinski definition) is 4. The standard InChI is InChI=1S/C27H41N3O3/c1-20(2)33-26(32)30-15-6-7-22(19-30)11-16-29-17-13-27(14-18-29)12-10-25(28-21(3)31)23-8-4-5-9-24(23)27/h4-5,8-9,20,22,25H,6-7,10-19H2,1-3H3,(H,28,31). The molecule has 6 nitrogen and oxygen atoms in total. The van der Waals surface area contributed by atoms with E-state index in [0.29, 0.717) is 5.92 Å². The molecule has 2 amide bonds. The number of piperidine rings is 2. The topological polar surface area (TPSA) is 61.9 Å². The number of amides is 2. The minimum atomic E-state index is -0.150. The minimum absolute atomic E-state index is 0.0549. The fourth-order valence-corrected chi connectivity index (χ4v) is 6.22. The van der Waals surface area contributed by atoms with Gasteiger partial charge in [0.2, 0.25) is 5.91 Å². The van der Waals surface area contributed by atoms with Gasteiger partial charge in [0.05, 0.1) is 12.1 Å². The Morgan fingerprint density at radius 3 is 2.61 bits per heavy atom. The number of nitrogens with one attached hydrogen (secondary N) is 1. The molecule has 1 aliphatic carbocycles. The van der Waals surface area contributed by atoms with E-state index >= 15 is 0 Å². The smallest absolute Gasteiger partial charge is 0.410 e. The van der Waals surface area contributed by atoms with E-state index in [1.807, 2.05) is 18.7 Å². The molecule has 0 bridgehead atoms. The molecule has 2 unspecified atom stereocenters. The molecule has 2 heterocycles. The molecule has 6 heteroatoms. The quantitative estimate of drug-likeness (QED) is 0.703. The van der Waals surface area contributed by atoms with Crippen LogP contribution in [0.4, 0.5) is 4.79 Å². The fraction of sp³-hybridized carbons (Fsp3) is 0.704. The zero-order valence-electron chi connectivity index (χ0n) is 20.6. The van der Waals surface area contributed by atoms with E-state index in [9.17, 15) is 9.59 Å². The maximum absolute atomic E-state index is 12.3. The van der Waals surface area contributed by atoms with Gasteiger partial charge in [-0.3, -0.25) is 4.79 Å². The number of hydrogen-bond donors (Lipinski definition) is 1. The van der Waals surface area contributed by atoms with E-state index in [-0.39, 0.29) is 29.6 Å². The van der Waals surface area contributed by atoms with Gasteiger partial charge in [0.1, 0.15) is 0 Å². The van der Waals surface area contributed by atoms with Crippen LogP contribution in [0, 0.1) is 5.92 Å². The van der Waals surface area contributed by atoms with Crippen LogP contribution >= 0.6 is 0 Å². The number of nitrogens with zero attached hydrogens (tertiary/aromatic N) is 2. The van der Waals surface area contributed by atoms with Gasteiger partial charge in [-0.1, -0.05) is 24.3 Å². The lowest BCUT2D eigenvalue weighted by Crippen LogP contribution is -2.47. The molecule has 2 saturated heterocycles. The number of ether oxygens (including phenoxy) is 1. The van der Waals surface area contributed by atoms with Crippen LogP contribution in [0.3, 0.4) is 0 Å². The molecule has 2 atom stereocenters. The Morgan fingerprint density at radius 2 is 1.88 bits per heavy atom. The largest absolute Gasteiger partial charge is 0.447 e. The van der Waals surface area contributed by atoms with E-state index in [1.54, 1.807) is 6.92 Å². The van der Waals surface area contributed by atoms with Crippen LogP contribution in [0.2, 0.25) is 0 Å². The summed E-state index contributed by atoms with van der Waals surface area (Å²) in [4.78, 5) is 28.5. The summed E-state index contributed by atoms with van der Waals surface area (Å²) < 4.78 is 5.41. The number of likely N-dealkylation sites (tertiary alicyclic amines) is 2. The first-order valence-corrected chi connectivity index (χ1v) is 12.9. The maximum atomic E-state index is 12.3. The van der Waals surface area contributed by atoms with Crippen molar-refractivity contribution in [1.82, 2.24) is 15.1 Å². The Bertz CT molecular complexity index is 832. The van der Waals surface area contributed by atoms with Crippen LogP contribution in [0.1, 0.15) is 82.9 Å². The van der Waals surface area contributed by atoms with Crippen LogP contribution in [0.5, 0.6) is 0 Å². The Kier molecular flexibility index (Phi) is 7.62. The summed E-state index contributed by atoms with van der Waals surface area (Å²) in [6.07, 6.45) is 7.79. The van der Waals surface area contributed by atoms with E-state index < -0.39 is 0 Å². The lowest BCUT2D eigenvalue weighted by Gasteiger charge is -2.47. The summed E-state index contributed by atoms with van der Waals surface area (Å²) in [5, 5.41) is 3.16. The molecule has 0 radical (unpaired) electrons. The van der Waals surface area contributed by atoms with Crippen molar-refractivity contribution in [3.8, 4) is 0 Å². The lowest BCUT2D eigenvalue weighted by atomic mass is 9.63. The van der Waals surface area contributed by atoms with Gasteiger partial charge < -0.3 is 19.9 Å². The van der Waals surface area contributed by atoms with Crippen molar-refractivity contribution in [3.63, 3.8) is 0 Å². The minimum Gasteiger partial charge on any atom is -0.447 e. The highest BCUT2D eigenvalue weighted by Gasteiger charge is 2.42. The predicted octanol–water partition coefficient (Wildman–Crippen LogP) is 4.64. The molecular formula is C27H41N3O3. The molecule has 1 aromatic rings. The SMILES string of the molecule is CC(=O)NC1CCC2(CCN(CCC3CCCN(C(=O)OC(C)C)C3)CC2)c2ccccc21. The first-order valence-electron chi connectivity index (χ1n) is 12.9. The van der Waals surface area contributed by atoms with Crippen LogP contribution in [0.15, 0.2) is 24.3 Å². The van der Waals surface area contributed by atoms with Gasteiger partial charge >= 0.3 is 6.09 Å². The van der Waals surface area contributed by atoms with Crippen LogP contribution in [-0.4, -0.2) is 60.6 Å². The molecular weight excluding hydrogens is 414 g/mol. The molecule has 2 fully saturated rings. The van der Waals surface area contributed by atoms with Gasteiger partial charge in [0.15, 0.2) is 0 Å². The van der Waals surface area contributed by atoms with Gasteiger partial charge in [-0.25, -0.2) is 4.79 Å². The van der Waals surface area contributed by atoms with Gasteiger partial charge in [-0.15, -0.1) is 0 Å². The molecule has 3 aliphatic rings. The summed E-state index contributed by atoms with van der Waals surface area (Å²) in [7, 11) is 0. The third kappa shape index (κ3) is 5.71. The molecule has 182 valence electrons. The summed E-state index contributed by atoms with van der Waals surface area (Å²) in [6.45, 7) is 10.5. The highest BCUT2D eigenvalue weighted by Crippen LogP contribution is 2.48. The van der Waals surface area contributed by atoms with Crippen molar-refractivity contribution in [2.24, 2.45) is 5.92 Å². The third-order valence-corrected chi connectivity index (χ3v) is 7.98. The molecule has 1 aromatic carbocycles.